The molecule has 0 radical (unpaired) electrons. The molecule has 0 unspecified atom stereocenters. The predicted molar refractivity (Wildman–Crippen MR) is 164 cm³/mol. The van der Waals surface area contributed by atoms with Crippen molar-refractivity contribution < 1.29 is 39.0 Å². The first-order valence-corrected chi connectivity index (χ1v) is 14.3. The molecule has 0 aliphatic heterocycles. The zero-order valence-electron chi connectivity index (χ0n) is 25.7. The Morgan fingerprint density at radius 2 is 1.44 bits per heavy atom. The van der Waals surface area contributed by atoms with Crippen LogP contribution in [-0.4, -0.2) is 95.5 Å². The third-order valence-corrected chi connectivity index (χ3v) is 6.26. The summed E-state index contributed by atoms with van der Waals surface area (Å²) in [6, 6.07) is 1.57. The summed E-state index contributed by atoms with van der Waals surface area (Å²) in [6.45, 7) is 4.18. The number of carboxylic acid groups (broad SMARTS) is 1. The molecule has 0 saturated heterocycles. The molecule has 0 saturated carbocycles. The SMILES string of the molecule is CC(C)C[C@H](NC(=O)[C@H](C)NC(=O)[C@@H](Cc1ccc(O)cc1)NC(=O)CNC(=O)[C@H](N)CCCN=C(N)N)C(=O)NCC(=O)O. The van der Waals surface area contributed by atoms with Crippen molar-refractivity contribution >= 4 is 41.5 Å². The summed E-state index contributed by atoms with van der Waals surface area (Å²) in [4.78, 5) is 78.3. The van der Waals surface area contributed by atoms with Crippen LogP contribution in [0.15, 0.2) is 29.3 Å². The van der Waals surface area contributed by atoms with Crippen molar-refractivity contribution in [3.63, 3.8) is 0 Å². The van der Waals surface area contributed by atoms with E-state index in [1.807, 2.05) is 13.8 Å². The molecule has 0 aliphatic carbocycles. The van der Waals surface area contributed by atoms with Gasteiger partial charge in [-0.05, 0) is 49.8 Å². The van der Waals surface area contributed by atoms with Gasteiger partial charge in [-0.15, -0.1) is 0 Å². The van der Waals surface area contributed by atoms with Crippen LogP contribution in [-0.2, 0) is 35.2 Å². The van der Waals surface area contributed by atoms with Crippen LogP contribution in [0.5, 0.6) is 5.75 Å². The average molecular weight is 636 g/mol. The van der Waals surface area contributed by atoms with Crippen LogP contribution in [0.2, 0.25) is 0 Å². The summed E-state index contributed by atoms with van der Waals surface area (Å²) >= 11 is 0. The molecule has 1 aromatic carbocycles. The Balaban J connectivity index is 2.89. The van der Waals surface area contributed by atoms with Gasteiger partial charge in [-0.1, -0.05) is 26.0 Å². The third-order valence-electron chi connectivity index (χ3n) is 6.26. The number of amides is 5. The number of carbonyl (C=O) groups excluding carboxylic acids is 5. The number of carboxylic acids is 1. The van der Waals surface area contributed by atoms with Gasteiger partial charge in [-0.3, -0.25) is 33.8 Å². The highest BCUT2D eigenvalue weighted by atomic mass is 16.4. The lowest BCUT2D eigenvalue weighted by atomic mass is 10.0. The Bertz CT molecular complexity index is 1200. The molecule has 5 amide bonds. The Morgan fingerprint density at radius 3 is 2.02 bits per heavy atom. The molecule has 1 rings (SSSR count). The lowest BCUT2D eigenvalue weighted by molar-refractivity contribution is -0.138. The standard InChI is InChI=1S/C28H45N9O8/c1-15(2)11-20(26(44)34-14-23(40)41)37-24(42)16(3)35-27(45)21(12-17-6-8-18(38)9-7-17)36-22(39)13-33-25(43)19(29)5-4-10-32-28(30)31/h6-9,15-16,19-21,38H,4-5,10-14,29H2,1-3H3,(H,33,43)(H,34,44)(H,35,45)(H,36,39)(H,37,42)(H,40,41)(H4,30,31,32)/t16-,19+,20-,21+/m0/s1. The molecule has 0 aliphatic rings. The largest absolute Gasteiger partial charge is 0.508 e. The van der Waals surface area contributed by atoms with E-state index >= 15 is 0 Å². The Morgan fingerprint density at radius 1 is 0.822 bits per heavy atom. The number of aliphatic imine (C=N–C) groups is 1. The Hall–Kier alpha value is -4.93. The monoisotopic (exact) mass is 635 g/mol. The smallest absolute Gasteiger partial charge is 0.322 e. The van der Waals surface area contributed by atoms with Gasteiger partial charge in [0.05, 0.1) is 12.6 Å². The van der Waals surface area contributed by atoms with Crippen LogP contribution in [0.4, 0.5) is 0 Å². The first-order valence-electron chi connectivity index (χ1n) is 14.3. The number of nitrogens with one attached hydrogen (secondary N) is 5. The molecule has 0 fully saturated rings. The van der Waals surface area contributed by atoms with Crippen molar-refractivity contribution in [3.05, 3.63) is 29.8 Å². The quantitative estimate of drug-likeness (QED) is 0.0419. The van der Waals surface area contributed by atoms with Crippen LogP contribution < -0.4 is 43.8 Å². The van der Waals surface area contributed by atoms with Gasteiger partial charge < -0.3 is 54.0 Å². The van der Waals surface area contributed by atoms with Crippen LogP contribution in [0, 0.1) is 5.92 Å². The zero-order valence-corrected chi connectivity index (χ0v) is 25.7. The highest BCUT2D eigenvalue weighted by molar-refractivity contribution is 5.95. The van der Waals surface area contributed by atoms with Crippen molar-refractivity contribution in [1.29, 1.82) is 0 Å². The molecule has 0 spiro atoms. The van der Waals surface area contributed by atoms with Crippen LogP contribution in [0.25, 0.3) is 0 Å². The summed E-state index contributed by atoms with van der Waals surface area (Å²) in [5.74, 6) is -4.81. The second-order valence-electron chi connectivity index (χ2n) is 10.8. The average Bonchev–Trinajstić information content (AvgIpc) is 2.96. The van der Waals surface area contributed by atoms with Gasteiger partial charge in [-0.25, -0.2) is 0 Å². The molecule has 250 valence electrons. The van der Waals surface area contributed by atoms with E-state index in [1.165, 1.54) is 19.1 Å². The van der Waals surface area contributed by atoms with E-state index in [4.69, 9.17) is 22.3 Å². The second-order valence-corrected chi connectivity index (χ2v) is 10.8. The molecular weight excluding hydrogens is 590 g/mol. The molecule has 0 bridgehead atoms. The lowest BCUT2D eigenvalue weighted by Gasteiger charge is -2.24. The number of hydrogen-bond acceptors (Lipinski definition) is 9. The minimum absolute atomic E-state index is 0.00484. The summed E-state index contributed by atoms with van der Waals surface area (Å²) in [6.07, 6.45) is 0.876. The maximum atomic E-state index is 13.2. The van der Waals surface area contributed by atoms with Crippen molar-refractivity contribution in [2.24, 2.45) is 28.1 Å². The topological polar surface area (TPSA) is 293 Å². The number of aliphatic carboxylic acids is 1. The number of carbonyl (C=O) groups is 6. The minimum atomic E-state index is -1.25. The Labute approximate surface area is 261 Å². The summed E-state index contributed by atoms with van der Waals surface area (Å²) in [7, 11) is 0. The normalized spacial score (nSPS) is 13.4. The maximum Gasteiger partial charge on any atom is 0.322 e. The second kappa shape index (κ2) is 19.4. The summed E-state index contributed by atoms with van der Waals surface area (Å²) in [5, 5.41) is 30.6. The van der Waals surface area contributed by atoms with E-state index in [1.54, 1.807) is 12.1 Å². The molecule has 0 aromatic heterocycles. The number of rotatable bonds is 19. The van der Waals surface area contributed by atoms with Gasteiger partial charge >= 0.3 is 5.97 Å². The van der Waals surface area contributed by atoms with Crippen molar-refractivity contribution in [2.45, 2.75) is 70.6 Å². The maximum absolute atomic E-state index is 13.2. The van der Waals surface area contributed by atoms with E-state index in [0.29, 0.717) is 12.0 Å². The molecular formula is C28H45N9O8. The van der Waals surface area contributed by atoms with Crippen LogP contribution in [0.1, 0.15) is 45.6 Å². The van der Waals surface area contributed by atoms with Gasteiger partial charge in [-0.2, -0.15) is 0 Å². The van der Waals surface area contributed by atoms with E-state index in [9.17, 15) is 33.9 Å². The highest BCUT2D eigenvalue weighted by Crippen LogP contribution is 2.12. The number of hydrogen-bond donors (Lipinski definition) is 10. The van der Waals surface area contributed by atoms with Crippen LogP contribution >= 0.6 is 0 Å². The van der Waals surface area contributed by atoms with Gasteiger partial charge in [0.2, 0.25) is 29.5 Å². The molecule has 1 aromatic rings. The number of aromatic hydroxyl groups is 1. The van der Waals surface area contributed by atoms with Crippen LogP contribution in [0.3, 0.4) is 0 Å². The predicted octanol–water partition coefficient (Wildman–Crippen LogP) is -2.85. The molecule has 4 atom stereocenters. The van der Waals surface area contributed by atoms with Gasteiger partial charge in [0.15, 0.2) is 5.96 Å². The minimum Gasteiger partial charge on any atom is -0.508 e. The molecule has 0 heterocycles. The number of phenols is 1. The first kappa shape index (κ1) is 38.1. The first-order chi connectivity index (χ1) is 21.1. The van der Waals surface area contributed by atoms with Crippen molar-refractivity contribution in [2.75, 3.05) is 19.6 Å². The summed E-state index contributed by atoms with van der Waals surface area (Å²) in [5.41, 5.74) is 16.9. The third kappa shape index (κ3) is 15.9. The van der Waals surface area contributed by atoms with E-state index in [0.717, 1.165) is 0 Å². The zero-order chi connectivity index (χ0) is 34.1. The number of nitrogens with zero attached hydrogens (tertiary/aromatic N) is 1. The van der Waals surface area contributed by atoms with Crippen molar-refractivity contribution in [1.82, 2.24) is 26.6 Å². The molecule has 13 N–H and O–H groups in total. The number of guanidine groups is 1. The van der Waals surface area contributed by atoms with E-state index in [-0.39, 0.29) is 43.4 Å². The van der Waals surface area contributed by atoms with Gasteiger partial charge in [0, 0.05) is 13.0 Å². The van der Waals surface area contributed by atoms with Crippen molar-refractivity contribution in [3.8, 4) is 5.75 Å². The molecule has 17 heteroatoms. The Kier molecular flexibility index (Phi) is 16.4. The van der Waals surface area contributed by atoms with Gasteiger partial charge in [0.1, 0.15) is 30.4 Å². The summed E-state index contributed by atoms with van der Waals surface area (Å²) < 4.78 is 0. The fourth-order valence-corrected chi connectivity index (χ4v) is 3.94. The fourth-order valence-electron chi connectivity index (χ4n) is 3.94. The number of benzene rings is 1. The molecule has 45 heavy (non-hydrogen) atoms. The lowest BCUT2D eigenvalue weighted by Crippen LogP contribution is -2.57. The highest BCUT2D eigenvalue weighted by Gasteiger charge is 2.28. The van der Waals surface area contributed by atoms with E-state index in [2.05, 4.69) is 31.6 Å². The number of phenolic OH excluding ortho intramolecular Hbond substituents is 1. The van der Waals surface area contributed by atoms with E-state index < -0.39 is 72.8 Å². The number of nitrogens with two attached hydrogens (primary N) is 3. The van der Waals surface area contributed by atoms with Gasteiger partial charge in [0.25, 0.3) is 0 Å². The molecule has 17 nitrogen and oxygen atoms in total. The fraction of sp³-hybridized carbons (Fsp3) is 0.536.